The zero-order valence-electron chi connectivity index (χ0n) is 9.86. The molecule has 0 aliphatic carbocycles. The molecular weight excluding hydrogens is 224 g/mol. The van der Waals surface area contributed by atoms with Crippen molar-refractivity contribution >= 4 is 17.4 Å². The average molecular weight is 242 g/mol. The summed E-state index contributed by atoms with van der Waals surface area (Å²) in [7, 11) is 0. The Balaban J connectivity index is 2.53. The van der Waals surface area contributed by atoms with Crippen molar-refractivity contribution in [3.63, 3.8) is 0 Å². The third-order valence-electron chi connectivity index (χ3n) is 2.45. The summed E-state index contributed by atoms with van der Waals surface area (Å²) in [5.41, 5.74) is 6.60. The molecule has 90 valence electrons. The number of amides is 1. The van der Waals surface area contributed by atoms with E-state index in [0.29, 0.717) is 17.3 Å². The molecule has 0 aromatic carbocycles. The van der Waals surface area contributed by atoms with E-state index >= 15 is 0 Å². The molecule has 3 N–H and O–H groups in total. The van der Waals surface area contributed by atoms with Crippen molar-refractivity contribution < 1.29 is 4.79 Å². The molecule has 0 spiro atoms. The number of rotatable bonds is 5. The lowest BCUT2D eigenvalue weighted by atomic mass is 10.1. The van der Waals surface area contributed by atoms with Gasteiger partial charge in [-0.1, -0.05) is 25.3 Å². The van der Waals surface area contributed by atoms with Crippen LogP contribution in [0.1, 0.15) is 36.1 Å². The van der Waals surface area contributed by atoms with Crippen LogP contribution in [0.4, 0.5) is 0 Å². The quantitative estimate of drug-likeness (QED) is 0.800. The molecule has 1 amide bonds. The van der Waals surface area contributed by atoms with Crippen molar-refractivity contribution in [2.45, 2.75) is 33.2 Å². The van der Waals surface area contributed by atoms with Gasteiger partial charge in [-0.05, 0) is 23.9 Å². The molecule has 0 aliphatic rings. The predicted octanol–water partition coefficient (Wildman–Crippen LogP) is 0.814. The van der Waals surface area contributed by atoms with E-state index in [4.69, 9.17) is 5.73 Å². The number of nitrogens with two attached hydrogens (primary N) is 1. The van der Waals surface area contributed by atoms with Gasteiger partial charge in [0.1, 0.15) is 4.88 Å². The SMILES string of the molecule is CCc1nnsc1C(=O)NCC(N)C(C)C. The van der Waals surface area contributed by atoms with E-state index in [9.17, 15) is 4.79 Å². The number of aromatic nitrogens is 2. The summed E-state index contributed by atoms with van der Waals surface area (Å²) in [4.78, 5) is 12.4. The zero-order chi connectivity index (χ0) is 12.1. The highest BCUT2D eigenvalue weighted by molar-refractivity contribution is 7.08. The smallest absolute Gasteiger partial charge is 0.265 e. The molecular formula is C10H18N4OS. The maximum Gasteiger partial charge on any atom is 0.265 e. The van der Waals surface area contributed by atoms with Crippen molar-refractivity contribution in [2.75, 3.05) is 6.54 Å². The van der Waals surface area contributed by atoms with E-state index in [0.717, 1.165) is 23.6 Å². The Labute approximate surface area is 99.6 Å². The highest BCUT2D eigenvalue weighted by Crippen LogP contribution is 2.10. The van der Waals surface area contributed by atoms with E-state index in [1.165, 1.54) is 0 Å². The molecule has 5 nitrogen and oxygen atoms in total. The summed E-state index contributed by atoms with van der Waals surface area (Å²) in [6, 6.07) is -0.0186. The summed E-state index contributed by atoms with van der Waals surface area (Å²) in [6.07, 6.45) is 0.718. The number of hydrogen-bond donors (Lipinski definition) is 2. The van der Waals surface area contributed by atoms with Crippen LogP contribution >= 0.6 is 11.5 Å². The normalized spacial score (nSPS) is 12.8. The van der Waals surface area contributed by atoms with Crippen molar-refractivity contribution in [2.24, 2.45) is 11.7 Å². The first kappa shape index (κ1) is 13.1. The highest BCUT2D eigenvalue weighted by atomic mass is 32.1. The maximum absolute atomic E-state index is 11.8. The minimum atomic E-state index is -0.122. The molecule has 0 fully saturated rings. The predicted molar refractivity (Wildman–Crippen MR) is 64.4 cm³/mol. The second kappa shape index (κ2) is 5.91. The van der Waals surface area contributed by atoms with Crippen molar-refractivity contribution in [1.29, 1.82) is 0 Å². The molecule has 0 aliphatic heterocycles. The molecule has 16 heavy (non-hydrogen) atoms. The number of aryl methyl sites for hydroxylation is 1. The summed E-state index contributed by atoms with van der Waals surface area (Å²) < 4.78 is 3.78. The van der Waals surface area contributed by atoms with Crippen molar-refractivity contribution in [3.05, 3.63) is 10.6 Å². The van der Waals surface area contributed by atoms with Gasteiger partial charge in [-0.3, -0.25) is 4.79 Å². The molecule has 0 radical (unpaired) electrons. The number of nitrogens with one attached hydrogen (secondary N) is 1. The van der Waals surface area contributed by atoms with Gasteiger partial charge in [-0.2, -0.15) is 0 Å². The second-order valence-corrected chi connectivity index (χ2v) is 4.77. The molecule has 1 heterocycles. The van der Waals surface area contributed by atoms with Gasteiger partial charge < -0.3 is 11.1 Å². The Morgan fingerprint density at radius 3 is 2.81 bits per heavy atom. The van der Waals surface area contributed by atoms with E-state index in [1.54, 1.807) is 0 Å². The van der Waals surface area contributed by atoms with E-state index in [1.807, 2.05) is 20.8 Å². The number of hydrogen-bond acceptors (Lipinski definition) is 5. The van der Waals surface area contributed by atoms with Gasteiger partial charge in [0, 0.05) is 12.6 Å². The van der Waals surface area contributed by atoms with Gasteiger partial charge in [0.15, 0.2) is 0 Å². The monoisotopic (exact) mass is 242 g/mol. The van der Waals surface area contributed by atoms with Crippen molar-refractivity contribution in [3.8, 4) is 0 Å². The van der Waals surface area contributed by atoms with E-state index in [-0.39, 0.29) is 11.9 Å². The Bertz CT molecular complexity index is 350. The minimum Gasteiger partial charge on any atom is -0.350 e. The Morgan fingerprint density at radius 1 is 1.56 bits per heavy atom. The first-order valence-electron chi connectivity index (χ1n) is 5.41. The highest BCUT2D eigenvalue weighted by Gasteiger charge is 2.16. The number of nitrogens with zero attached hydrogens (tertiary/aromatic N) is 2. The maximum atomic E-state index is 11.8. The second-order valence-electron chi connectivity index (χ2n) is 4.02. The van der Waals surface area contributed by atoms with Gasteiger partial charge in [0.05, 0.1) is 5.69 Å². The summed E-state index contributed by atoms with van der Waals surface area (Å²) in [6.45, 7) is 6.50. The van der Waals surface area contributed by atoms with Crippen LogP contribution in [0.25, 0.3) is 0 Å². The third kappa shape index (κ3) is 3.24. The van der Waals surface area contributed by atoms with Crippen LogP contribution < -0.4 is 11.1 Å². The fraction of sp³-hybridized carbons (Fsp3) is 0.700. The Morgan fingerprint density at radius 2 is 2.25 bits per heavy atom. The number of carbonyl (C=O) groups is 1. The minimum absolute atomic E-state index is 0.0186. The Hall–Kier alpha value is -1.01. The summed E-state index contributed by atoms with van der Waals surface area (Å²) >= 11 is 1.13. The van der Waals surface area contributed by atoms with E-state index in [2.05, 4.69) is 14.9 Å². The molecule has 0 saturated carbocycles. The summed E-state index contributed by atoms with van der Waals surface area (Å²) in [5.74, 6) is 0.230. The van der Waals surface area contributed by atoms with Crippen LogP contribution in [-0.4, -0.2) is 28.1 Å². The van der Waals surface area contributed by atoms with Gasteiger partial charge in [-0.15, -0.1) is 5.10 Å². The molecule has 1 unspecified atom stereocenters. The molecule has 0 bridgehead atoms. The number of carbonyl (C=O) groups excluding carboxylic acids is 1. The van der Waals surface area contributed by atoms with Gasteiger partial charge in [0.25, 0.3) is 5.91 Å². The standard InChI is InChI=1S/C10H18N4OS/c1-4-8-9(16-14-13-8)10(15)12-5-7(11)6(2)3/h6-7H,4-5,11H2,1-3H3,(H,12,15). The topological polar surface area (TPSA) is 80.9 Å². The Kier molecular flexibility index (Phi) is 4.82. The van der Waals surface area contributed by atoms with Gasteiger partial charge >= 0.3 is 0 Å². The van der Waals surface area contributed by atoms with Crippen LogP contribution in [0.15, 0.2) is 0 Å². The fourth-order valence-corrected chi connectivity index (χ4v) is 1.81. The molecule has 1 aromatic heterocycles. The van der Waals surface area contributed by atoms with Crippen LogP contribution in [-0.2, 0) is 6.42 Å². The lowest BCUT2D eigenvalue weighted by Crippen LogP contribution is -2.40. The average Bonchev–Trinajstić information content (AvgIpc) is 2.73. The molecule has 1 rings (SSSR count). The lowest BCUT2D eigenvalue weighted by molar-refractivity contribution is 0.0952. The lowest BCUT2D eigenvalue weighted by Gasteiger charge is -2.15. The van der Waals surface area contributed by atoms with E-state index < -0.39 is 0 Å². The van der Waals surface area contributed by atoms with Crippen molar-refractivity contribution in [1.82, 2.24) is 14.9 Å². The van der Waals surface area contributed by atoms with Crippen LogP contribution in [0.5, 0.6) is 0 Å². The van der Waals surface area contributed by atoms with Crippen LogP contribution in [0, 0.1) is 5.92 Å². The molecule has 1 atom stereocenters. The summed E-state index contributed by atoms with van der Waals surface area (Å²) in [5, 5.41) is 6.70. The molecule has 6 heteroatoms. The first-order valence-corrected chi connectivity index (χ1v) is 6.18. The molecule has 1 aromatic rings. The first-order chi connectivity index (χ1) is 7.56. The third-order valence-corrected chi connectivity index (χ3v) is 3.22. The van der Waals surface area contributed by atoms with Gasteiger partial charge in [0.2, 0.25) is 0 Å². The van der Waals surface area contributed by atoms with Crippen LogP contribution in [0.3, 0.4) is 0 Å². The fourth-order valence-electron chi connectivity index (χ4n) is 1.14. The van der Waals surface area contributed by atoms with Gasteiger partial charge in [-0.25, -0.2) is 0 Å². The van der Waals surface area contributed by atoms with Crippen LogP contribution in [0.2, 0.25) is 0 Å². The molecule has 0 saturated heterocycles. The zero-order valence-corrected chi connectivity index (χ0v) is 10.7. The largest absolute Gasteiger partial charge is 0.350 e.